The smallest absolute Gasteiger partial charge is 0.137 e. The number of aliphatic hydroxyl groups is 1. The van der Waals surface area contributed by atoms with Crippen molar-refractivity contribution in [1.29, 1.82) is 0 Å². The molecule has 1 heterocycles. The predicted octanol–water partition coefficient (Wildman–Crippen LogP) is 2.65. The van der Waals surface area contributed by atoms with Gasteiger partial charge in [0.1, 0.15) is 16.7 Å². The van der Waals surface area contributed by atoms with E-state index in [4.69, 9.17) is 0 Å². The molecule has 0 saturated carbocycles. The van der Waals surface area contributed by atoms with Crippen molar-refractivity contribution in [2.45, 2.75) is 23.5 Å². The summed E-state index contributed by atoms with van der Waals surface area (Å²) in [5.74, 6) is -0.993. The molecule has 0 spiro atoms. The summed E-state index contributed by atoms with van der Waals surface area (Å²) in [6.07, 6.45) is 0. The molecular weight excluding hydrogens is 258 g/mol. The minimum Gasteiger partial charge on any atom is -0.392 e. The Morgan fingerprint density at radius 2 is 2.11 bits per heavy atom. The van der Waals surface area contributed by atoms with Crippen LogP contribution in [0.25, 0.3) is 0 Å². The highest BCUT2D eigenvalue weighted by Gasteiger charge is 2.15. The van der Waals surface area contributed by atoms with E-state index < -0.39 is 11.6 Å². The molecule has 1 N–H and O–H groups in total. The Balaban J connectivity index is 2.42. The van der Waals surface area contributed by atoms with Gasteiger partial charge in [-0.15, -0.1) is 0 Å². The second-order valence-electron chi connectivity index (χ2n) is 3.83. The van der Waals surface area contributed by atoms with Crippen LogP contribution in [-0.2, 0) is 13.7 Å². The molecule has 0 atom stereocenters. The van der Waals surface area contributed by atoms with Gasteiger partial charge in [-0.05, 0) is 25.1 Å². The van der Waals surface area contributed by atoms with Gasteiger partial charge < -0.3 is 5.11 Å². The lowest BCUT2D eigenvalue weighted by atomic mass is 10.3. The molecule has 1 aromatic carbocycles. The van der Waals surface area contributed by atoms with Crippen molar-refractivity contribution < 1.29 is 13.9 Å². The highest BCUT2D eigenvalue weighted by Crippen LogP contribution is 2.33. The van der Waals surface area contributed by atoms with E-state index in [0.717, 1.165) is 30.0 Å². The molecule has 0 unspecified atom stereocenters. The fourth-order valence-corrected chi connectivity index (χ4v) is 2.70. The maximum atomic E-state index is 13.5. The third kappa shape index (κ3) is 2.39. The van der Waals surface area contributed by atoms with Crippen LogP contribution in [-0.4, -0.2) is 14.9 Å². The number of aryl methyl sites for hydroxylation is 2. The van der Waals surface area contributed by atoms with Gasteiger partial charge in [0.2, 0.25) is 0 Å². The summed E-state index contributed by atoms with van der Waals surface area (Å²) in [6.45, 7) is 1.58. The summed E-state index contributed by atoms with van der Waals surface area (Å²) in [5.41, 5.74) is 1.31. The molecule has 18 heavy (non-hydrogen) atoms. The lowest BCUT2D eigenvalue weighted by Crippen LogP contribution is -1.95. The Kier molecular flexibility index (Phi) is 3.68. The molecule has 0 radical (unpaired) electrons. The number of hydrogen-bond donors (Lipinski definition) is 1. The van der Waals surface area contributed by atoms with Gasteiger partial charge in [0.05, 0.1) is 17.2 Å². The van der Waals surface area contributed by atoms with E-state index >= 15 is 0 Å². The zero-order valence-corrected chi connectivity index (χ0v) is 10.8. The number of rotatable bonds is 3. The number of hydrogen-bond acceptors (Lipinski definition) is 3. The Morgan fingerprint density at radius 1 is 1.39 bits per heavy atom. The summed E-state index contributed by atoms with van der Waals surface area (Å²) in [6, 6.07) is 3.28. The zero-order valence-electron chi connectivity index (χ0n) is 9.94. The van der Waals surface area contributed by atoms with Crippen molar-refractivity contribution in [3.63, 3.8) is 0 Å². The zero-order chi connectivity index (χ0) is 13.3. The van der Waals surface area contributed by atoms with Crippen LogP contribution in [0.4, 0.5) is 8.78 Å². The van der Waals surface area contributed by atoms with Gasteiger partial charge in [-0.1, -0.05) is 11.8 Å². The average Bonchev–Trinajstić information content (AvgIpc) is 2.58. The van der Waals surface area contributed by atoms with Crippen molar-refractivity contribution in [3.8, 4) is 0 Å². The molecular formula is C12H12F2N2OS. The third-order valence-corrected chi connectivity index (χ3v) is 3.78. The predicted molar refractivity (Wildman–Crippen MR) is 64.3 cm³/mol. The van der Waals surface area contributed by atoms with Gasteiger partial charge in [-0.3, -0.25) is 4.68 Å². The number of aromatic nitrogens is 2. The number of aliphatic hydroxyl groups excluding tert-OH is 1. The fraction of sp³-hybridized carbons (Fsp3) is 0.250. The summed E-state index contributed by atoms with van der Waals surface area (Å²) in [4.78, 5) is 0.174. The van der Waals surface area contributed by atoms with Crippen LogP contribution in [0.15, 0.2) is 28.1 Å². The molecule has 3 nitrogen and oxygen atoms in total. The lowest BCUT2D eigenvalue weighted by molar-refractivity contribution is 0.277. The SMILES string of the molecule is Cc1nn(C)c(Sc2cc(F)ccc2F)c1CO. The van der Waals surface area contributed by atoms with Crippen LogP contribution in [0.3, 0.4) is 0 Å². The van der Waals surface area contributed by atoms with Crippen LogP contribution in [0.5, 0.6) is 0 Å². The van der Waals surface area contributed by atoms with E-state index in [2.05, 4.69) is 5.10 Å². The molecule has 0 aliphatic carbocycles. The largest absolute Gasteiger partial charge is 0.392 e. The summed E-state index contributed by atoms with van der Waals surface area (Å²) < 4.78 is 28.2. The topological polar surface area (TPSA) is 38.0 Å². The van der Waals surface area contributed by atoms with Gasteiger partial charge in [0.15, 0.2) is 0 Å². The van der Waals surface area contributed by atoms with Crippen LogP contribution in [0.2, 0.25) is 0 Å². The van der Waals surface area contributed by atoms with E-state index in [1.807, 2.05) is 0 Å². The standard InChI is InChI=1S/C12H12F2N2OS/c1-7-9(6-17)12(16(2)15-7)18-11-5-8(13)3-4-10(11)14/h3-5,17H,6H2,1-2H3. The van der Waals surface area contributed by atoms with Crippen molar-refractivity contribution in [2.24, 2.45) is 7.05 Å². The molecule has 0 saturated heterocycles. The quantitative estimate of drug-likeness (QED) is 0.931. The van der Waals surface area contributed by atoms with E-state index in [-0.39, 0.29) is 11.5 Å². The first-order chi connectivity index (χ1) is 8.52. The second-order valence-corrected chi connectivity index (χ2v) is 4.86. The van der Waals surface area contributed by atoms with Crippen molar-refractivity contribution in [2.75, 3.05) is 0 Å². The highest BCUT2D eigenvalue weighted by atomic mass is 32.2. The molecule has 6 heteroatoms. The summed E-state index contributed by atoms with van der Waals surface area (Å²) in [5, 5.41) is 14.0. The first kappa shape index (κ1) is 13.0. The Morgan fingerprint density at radius 3 is 2.78 bits per heavy atom. The molecule has 2 aromatic rings. The minimum absolute atomic E-state index is 0.174. The monoisotopic (exact) mass is 270 g/mol. The Bertz CT molecular complexity index is 584. The summed E-state index contributed by atoms with van der Waals surface area (Å²) in [7, 11) is 1.70. The van der Waals surface area contributed by atoms with Gasteiger partial charge in [-0.25, -0.2) is 8.78 Å². The molecule has 0 aliphatic heterocycles. The molecule has 0 amide bonds. The first-order valence-electron chi connectivity index (χ1n) is 5.29. The van der Waals surface area contributed by atoms with E-state index in [1.54, 1.807) is 18.7 Å². The van der Waals surface area contributed by atoms with E-state index in [1.165, 1.54) is 0 Å². The van der Waals surface area contributed by atoms with Crippen LogP contribution >= 0.6 is 11.8 Å². The lowest BCUT2D eigenvalue weighted by Gasteiger charge is -2.05. The summed E-state index contributed by atoms with van der Waals surface area (Å²) >= 11 is 1.05. The molecule has 0 bridgehead atoms. The minimum atomic E-state index is -0.497. The maximum absolute atomic E-state index is 13.5. The second kappa shape index (κ2) is 5.07. The first-order valence-corrected chi connectivity index (χ1v) is 6.10. The van der Waals surface area contributed by atoms with Gasteiger partial charge in [0.25, 0.3) is 0 Å². The van der Waals surface area contributed by atoms with Gasteiger partial charge in [-0.2, -0.15) is 5.10 Å². The Hall–Kier alpha value is -1.40. The van der Waals surface area contributed by atoms with Gasteiger partial charge in [0, 0.05) is 12.6 Å². The van der Waals surface area contributed by atoms with E-state index in [0.29, 0.717) is 16.3 Å². The van der Waals surface area contributed by atoms with Crippen LogP contribution in [0.1, 0.15) is 11.3 Å². The number of benzene rings is 1. The maximum Gasteiger partial charge on any atom is 0.137 e. The molecule has 96 valence electrons. The van der Waals surface area contributed by atoms with E-state index in [9.17, 15) is 13.9 Å². The van der Waals surface area contributed by atoms with Gasteiger partial charge >= 0.3 is 0 Å². The highest BCUT2D eigenvalue weighted by molar-refractivity contribution is 7.99. The number of halogens is 2. The van der Waals surface area contributed by atoms with Crippen molar-refractivity contribution in [1.82, 2.24) is 9.78 Å². The normalized spacial score (nSPS) is 10.9. The number of nitrogens with zero attached hydrogens (tertiary/aromatic N) is 2. The molecule has 0 aliphatic rings. The third-order valence-electron chi connectivity index (χ3n) is 2.55. The molecule has 2 rings (SSSR count). The van der Waals surface area contributed by atoms with Crippen molar-refractivity contribution in [3.05, 3.63) is 41.1 Å². The Labute approximate surface area is 107 Å². The molecule has 1 aromatic heterocycles. The fourth-order valence-electron chi connectivity index (χ4n) is 1.65. The average molecular weight is 270 g/mol. The molecule has 0 fully saturated rings. The van der Waals surface area contributed by atoms with Crippen LogP contribution < -0.4 is 0 Å². The van der Waals surface area contributed by atoms with Crippen molar-refractivity contribution >= 4 is 11.8 Å². The van der Waals surface area contributed by atoms with Crippen LogP contribution in [0, 0.1) is 18.6 Å².